The van der Waals surface area contributed by atoms with Crippen LogP contribution in [0.15, 0.2) is 42.7 Å². The highest BCUT2D eigenvalue weighted by atomic mass is 19.4. The smallest absolute Gasteiger partial charge is 0.350 e. The van der Waals surface area contributed by atoms with Crippen molar-refractivity contribution in [3.8, 4) is 0 Å². The molecule has 3 aromatic rings. The van der Waals surface area contributed by atoms with Crippen LogP contribution in [0.5, 0.6) is 0 Å². The van der Waals surface area contributed by atoms with E-state index in [0.29, 0.717) is 28.4 Å². The van der Waals surface area contributed by atoms with Gasteiger partial charge in [0.25, 0.3) is 0 Å². The minimum Gasteiger partial charge on any atom is -0.350 e. The molecule has 0 amide bonds. The zero-order chi connectivity index (χ0) is 18.9. The van der Waals surface area contributed by atoms with Gasteiger partial charge in [0.2, 0.25) is 5.95 Å². The number of pyridine rings is 1. The number of nitrogens with one attached hydrogen (secondary N) is 3. The normalized spacial score (nSPS) is 17.2. The van der Waals surface area contributed by atoms with Gasteiger partial charge >= 0.3 is 6.18 Å². The molecule has 1 atom stereocenters. The highest BCUT2D eigenvalue weighted by molar-refractivity contribution is 5.91. The van der Waals surface area contributed by atoms with Crippen molar-refractivity contribution in [1.29, 1.82) is 0 Å². The van der Waals surface area contributed by atoms with Crippen molar-refractivity contribution in [1.82, 2.24) is 20.3 Å². The number of fused-ring (bicyclic) bond motifs is 1. The van der Waals surface area contributed by atoms with Gasteiger partial charge in [-0.15, -0.1) is 0 Å². The molecular formula is C18H17F3N6. The predicted octanol–water partition coefficient (Wildman–Crippen LogP) is 3.56. The lowest BCUT2D eigenvalue weighted by molar-refractivity contribution is -0.137. The monoisotopic (exact) mass is 374 g/mol. The molecule has 4 rings (SSSR count). The number of benzene rings is 1. The van der Waals surface area contributed by atoms with Crippen LogP contribution in [0.4, 0.5) is 30.6 Å². The van der Waals surface area contributed by atoms with Gasteiger partial charge in [0, 0.05) is 30.7 Å². The molecule has 2 aromatic heterocycles. The Balaban J connectivity index is 1.65. The molecule has 1 aromatic carbocycles. The lowest BCUT2D eigenvalue weighted by atomic mass is 10.2. The van der Waals surface area contributed by atoms with Crippen molar-refractivity contribution in [3.63, 3.8) is 0 Å². The number of hydrogen-bond donors (Lipinski definition) is 3. The zero-order valence-electron chi connectivity index (χ0n) is 14.2. The molecule has 3 N–H and O–H groups in total. The summed E-state index contributed by atoms with van der Waals surface area (Å²) < 4.78 is 38.2. The van der Waals surface area contributed by atoms with Crippen molar-refractivity contribution in [3.05, 3.63) is 48.3 Å². The largest absolute Gasteiger partial charge is 0.416 e. The Morgan fingerprint density at radius 2 is 1.89 bits per heavy atom. The lowest BCUT2D eigenvalue weighted by Gasteiger charge is -2.15. The Hall–Kier alpha value is -2.94. The fraction of sp³-hybridized carbons (Fsp3) is 0.278. The van der Waals surface area contributed by atoms with Crippen LogP contribution in [-0.4, -0.2) is 34.1 Å². The van der Waals surface area contributed by atoms with Crippen LogP contribution in [0, 0.1) is 0 Å². The third-order valence-corrected chi connectivity index (χ3v) is 4.37. The standard InChI is InChI=1S/C18H17F3N6/c19-18(20,21)11-1-3-12(4-2-11)24-16-14-10-23-8-6-15(14)26-17(27-16)25-13-5-7-22-9-13/h1-4,6,8,10,13,22H,5,7,9H2,(H2,24,25,26,27)/t13-/m1/s1. The number of aromatic nitrogens is 3. The van der Waals surface area contributed by atoms with Crippen LogP contribution in [0.2, 0.25) is 0 Å². The van der Waals surface area contributed by atoms with Gasteiger partial charge in [0.15, 0.2) is 0 Å². The van der Waals surface area contributed by atoms with Crippen molar-refractivity contribution in [2.24, 2.45) is 0 Å². The summed E-state index contributed by atoms with van der Waals surface area (Å²) in [6, 6.07) is 6.83. The highest BCUT2D eigenvalue weighted by Gasteiger charge is 2.30. The van der Waals surface area contributed by atoms with Crippen molar-refractivity contribution < 1.29 is 13.2 Å². The van der Waals surface area contributed by atoms with Crippen LogP contribution < -0.4 is 16.0 Å². The average Bonchev–Trinajstić information content (AvgIpc) is 3.14. The molecule has 1 aliphatic rings. The van der Waals surface area contributed by atoms with E-state index >= 15 is 0 Å². The van der Waals surface area contributed by atoms with Crippen LogP contribution in [0.25, 0.3) is 10.9 Å². The molecule has 1 saturated heterocycles. The number of rotatable bonds is 4. The minimum atomic E-state index is -4.36. The Morgan fingerprint density at radius 3 is 2.59 bits per heavy atom. The van der Waals surface area contributed by atoms with Gasteiger partial charge in [-0.1, -0.05) is 0 Å². The summed E-state index contributed by atoms with van der Waals surface area (Å²) in [5.74, 6) is 0.957. The second-order valence-electron chi connectivity index (χ2n) is 6.32. The molecular weight excluding hydrogens is 357 g/mol. The van der Waals surface area contributed by atoms with Gasteiger partial charge in [-0.2, -0.15) is 18.2 Å². The third kappa shape index (κ3) is 3.92. The molecule has 1 aliphatic heterocycles. The van der Waals surface area contributed by atoms with E-state index in [9.17, 15) is 13.2 Å². The molecule has 9 heteroatoms. The van der Waals surface area contributed by atoms with Gasteiger partial charge in [-0.25, -0.2) is 4.98 Å². The number of hydrogen-bond acceptors (Lipinski definition) is 6. The van der Waals surface area contributed by atoms with Crippen molar-refractivity contribution >= 4 is 28.4 Å². The fourth-order valence-corrected chi connectivity index (χ4v) is 2.97. The molecule has 27 heavy (non-hydrogen) atoms. The zero-order valence-corrected chi connectivity index (χ0v) is 14.2. The first-order chi connectivity index (χ1) is 13.0. The summed E-state index contributed by atoms with van der Waals surface area (Å²) in [4.78, 5) is 13.1. The second kappa shape index (κ2) is 6.99. The first-order valence-electron chi connectivity index (χ1n) is 8.52. The van der Waals surface area contributed by atoms with Crippen molar-refractivity contribution in [2.75, 3.05) is 23.7 Å². The van der Waals surface area contributed by atoms with Gasteiger partial charge in [-0.05, 0) is 43.3 Å². The van der Waals surface area contributed by atoms with Crippen LogP contribution in [-0.2, 0) is 6.18 Å². The van der Waals surface area contributed by atoms with E-state index in [1.807, 2.05) is 0 Å². The first kappa shape index (κ1) is 17.5. The van der Waals surface area contributed by atoms with E-state index in [-0.39, 0.29) is 6.04 Å². The van der Waals surface area contributed by atoms with Crippen LogP contribution in [0.3, 0.4) is 0 Å². The first-order valence-corrected chi connectivity index (χ1v) is 8.52. The maximum Gasteiger partial charge on any atom is 0.416 e. The number of halogens is 3. The molecule has 0 aliphatic carbocycles. The van der Waals surface area contributed by atoms with E-state index in [1.165, 1.54) is 12.1 Å². The molecule has 0 bridgehead atoms. The third-order valence-electron chi connectivity index (χ3n) is 4.37. The molecule has 0 radical (unpaired) electrons. The molecule has 0 spiro atoms. The average molecular weight is 374 g/mol. The fourth-order valence-electron chi connectivity index (χ4n) is 2.97. The SMILES string of the molecule is FC(F)(F)c1ccc(Nc2nc(N[C@@H]3CCNC3)nc3ccncc23)cc1. The van der Waals surface area contributed by atoms with E-state index < -0.39 is 11.7 Å². The maximum absolute atomic E-state index is 12.7. The summed E-state index contributed by atoms with van der Waals surface area (Å²) in [5, 5.41) is 10.3. The summed E-state index contributed by atoms with van der Waals surface area (Å²) >= 11 is 0. The van der Waals surface area contributed by atoms with Gasteiger partial charge < -0.3 is 16.0 Å². The molecule has 140 valence electrons. The highest BCUT2D eigenvalue weighted by Crippen LogP contribution is 2.31. The number of anilines is 3. The summed E-state index contributed by atoms with van der Waals surface area (Å²) in [6.07, 6.45) is -0.128. The van der Waals surface area contributed by atoms with Gasteiger partial charge in [-0.3, -0.25) is 4.98 Å². The molecule has 0 saturated carbocycles. The molecule has 1 fully saturated rings. The van der Waals surface area contributed by atoms with E-state index in [4.69, 9.17) is 0 Å². The summed E-state index contributed by atoms with van der Waals surface area (Å²) in [7, 11) is 0. The van der Waals surface area contributed by atoms with E-state index in [2.05, 4.69) is 30.9 Å². The predicted molar refractivity (Wildman–Crippen MR) is 97.0 cm³/mol. The maximum atomic E-state index is 12.7. The minimum absolute atomic E-state index is 0.239. The van der Waals surface area contributed by atoms with Crippen LogP contribution in [0.1, 0.15) is 12.0 Å². The Morgan fingerprint density at radius 1 is 1.07 bits per heavy atom. The summed E-state index contributed by atoms with van der Waals surface area (Å²) in [5.41, 5.74) is 0.501. The molecule has 3 heterocycles. The quantitative estimate of drug-likeness (QED) is 0.648. The Labute approximate surface area is 153 Å². The van der Waals surface area contributed by atoms with Gasteiger partial charge in [0.05, 0.1) is 16.5 Å². The number of nitrogens with zero attached hydrogens (tertiary/aromatic N) is 3. The lowest BCUT2D eigenvalue weighted by Crippen LogP contribution is -2.23. The second-order valence-corrected chi connectivity index (χ2v) is 6.32. The molecule has 6 nitrogen and oxygen atoms in total. The number of alkyl halides is 3. The molecule has 0 unspecified atom stereocenters. The Kier molecular flexibility index (Phi) is 4.53. The van der Waals surface area contributed by atoms with Crippen molar-refractivity contribution in [2.45, 2.75) is 18.6 Å². The summed E-state index contributed by atoms with van der Waals surface area (Å²) in [6.45, 7) is 1.77. The van der Waals surface area contributed by atoms with Gasteiger partial charge in [0.1, 0.15) is 5.82 Å². The Bertz CT molecular complexity index is 936. The van der Waals surface area contributed by atoms with E-state index in [1.54, 1.807) is 18.5 Å². The van der Waals surface area contributed by atoms with Crippen LogP contribution >= 0.6 is 0 Å². The van der Waals surface area contributed by atoms with E-state index in [0.717, 1.165) is 31.6 Å². The topological polar surface area (TPSA) is 74.8 Å².